The molecule has 0 bridgehead atoms. The van der Waals surface area contributed by atoms with Crippen LogP contribution in [0.3, 0.4) is 0 Å². The summed E-state index contributed by atoms with van der Waals surface area (Å²) in [5.74, 6) is -1.72. The zero-order valence-electron chi connectivity index (χ0n) is 16.3. The number of tetrazole rings is 1. The van der Waals surface area contributed by atoms with Gasteiger partial charge in [-0.2, -0.15) is 4.68 Å². The van der Waals surface area contributed by atoms with E-state index in [0.717, 1.165) is 27.4 Å². The van der Waals surface area contributed by atoms with Gasteiger partial charge in [0.1, 0.15) is 11.5 Å². The smallest absolute Gasteiger partial charge is 0.190 e. The maximum atomic E-state index is 14.3. The van der Waals surface area contributed by atoms with Gasteiger partial charge in [-0.15, -0.1) is 5.10 Å². The second kappa shape index (κ2) is 7.96. The molecule has 0 saturated carbocycles. The Balaban J connectivity index is 1.77. The van der Waals surface area contributed by atoms with E-state index in [-0.39, 0.29) is 23.4 Å². The number of nitrogens with one attached hydrogen (secondary N) is 1. The standard InChI is InChI=1S/C21H19F2N7/c1-12(25-2)13-6-8-14(9-7-13)15-10-16(20(24)26-11-15)21-27-28-29-30(21)18-5-3-4-17(22)19(18)23/h3-12,25H,1-2H3,(H2,24,26). The number of halogens is 2. The van der Waals surface area contributed by atoms with E-state index in [1.165, 1.54) is 12.1 Å². The Hall–Kier alpha value is -3.72. The zero-order chi connectivity index (χ0) is 21.3. The number of nitrogens with zero attached hydrogens (tertiary/aromatic N) is 5. The molecular weight excluding hydrogens is 388 g/mol. The maximum absolute atomic E-state index is 14.3. The minimum Gasteiger partial charge on any atom is -0.383 e. The molecule has 0 aliphatic heterocycles. The van der Waals surface area contributed by atoms with Crippen LogP contribution in [0.2, 0.25) is 0 Å². The summed E-state index contributed by atoms with van der Waals surface area (Å²) in [7, 11) is 1.90. The molecule has 4 aromatic rings. The lowest BCUT2D eigenvalue weighted by Crippen LogP contribution is -2.11. The number of aromatic nitrogens is 5. The van der Waals surface area contributed by atoms with Crippen LogP contribution in [0.1, 0.15) is 18.5 Å². The maximum Gasteiger partial charge on any atom is 0.190 e. The molecule has 9 heteroatoms. The van der Waals surface area contributed by atoms with Crippen LogP contribution in [0.15, 0.2) is 54.7 Å². The van der Waals surface area contributed by atoms with Crippen molar-refractivity contribution in [2.45, 2.75) is 13.0 Å². The van der Waals surface area contributed by atoms with Crippen molar-refractivity contribution in [3.05, 3.63) is 71.9 Å². The lowest BCUT2D eigenvalue weighted by molar-refractivity contribution is 0.501. The predicted octanol–water partition coefficient (Wildman–Crippen LogP) is 3.53. The van der Waals surface area contributed by atoms with Crippen LogP contribution in [0.4, 0.5) is 14.6 Å². The highest BCUT2D eigenvalue weighted by Gasteiger charge is 2.19. The van der Waals surface area contributed by atoms with Crippen molar-refractivity contribution in [2.24, 2.45) is 0 Å². The minimum atomic E-state index is -1.05. The van der Waals surface area contributed by atoms with E-state index in [9.17, 15) is 8.78 Å². The third-order valence-corrected chi connectivity index (χ3v) is 4.97. The Labute approximate surface area is 171 Å². The van der Waals surface area contributed by atoms with Crippen LogP contribution in [-0.2, 0) is 0 Å². The SMILES string of the molecule is CNC(C)c1ccc(-c2cnc(N)c(-c3nnnn3-c3cccc(F)c3F)c2)cc1. The Morgan fingerprint density at radius 1 is 1.07 bits per heavy atom. The monoisotopic (exact) mass is 407 g/mol. The van der Waals surface area contributed by atoms with Crippen LogP contribution >= 0.6 is 0 Å². The van der Waals surface area contributed by atoms with E-state index >= 15 is 0 Å². The first-order valence-corrected chi connectivity index (χ1v) is 9.26. The van der Waals surface area contributed by atoms with Crippen molar-refractivity contribution in [3.8, 4) is 28.2 Å². The highest BCUT2D eigenvalue weighted by molar-refractivity contribution is 5.76. The fraction of sp³-hybridized carbons (Fsp3) is 0.143. The Morgan fingerprint density at radius 2 is 1.83 bits per heavy atom. The molecule has 152 valence electrons. The van der Waals surface area contributed by atoms with Gasteiger partial charge in [-0.25, -0.2) is 13.8 Å². The van der Waals surface area contributed by atoms with E-state index in [1.54, 1.807) is 12.3 Å². The first-order valence-electron chi connectivity index (χ1n) is 9.26. The van der Waals surface area contributed by atoms with Gasteiger partial charge in [0.05, 0.1) is 5.56 Å². The molecule has 0 fully saturated rings. The number of anilines is 1. The van der Waals surface area contributed by atoms with E-state index < -0.39 is 11.6 Å². The van der Waals surface area contributed by atoms with Gasteiger partial charge in [-0.3, -0.25) is 0 Å². The molecule has 0 amide bonds. The van der Waals surface area contributed by atoms with Crippen LogP contribution < -0.4 is 11.1 Å². The number of hydrogen-bond donors (Lipinski definition) is 2. The molecule has 0 aliphatic carbocycles. The molecule has 4 rings (SSSR count). The molecular formula is C21H19F2N7. The van der Waals surface area contributed by atoms with Crippen molar-refractivity contribution in [1.29, 1.82) is 0 Å². The largest absolute Gasteiger partial charge is 0.383 e. The summed E-state index contributed by atoms with van der Waals surface area (Å²) in [6.07, 6.45) is 1.65. The first kappa shape index (κ1) is 19.6. The van der Waals surface area contributed by atoms with Crippen LogP contribution in [0.25, 0.3) is 28.2 Å². The van der Waals surface area contributed by atoms with Crippen molar-refractivity contribution >= 4 is 5.82 Å². The molecule has 0 saturated heterocycles. The van der Waals surface area contributed by atoms with Gasteiger partial charge in [-0.1, -0.05) is 30.3 Å². The lowest BCUT2D eigenvalue weighted by atomic mass is 10.0. The highest BCUT2D eigenvalue weighted by Crippen LogP contribution is 2.30. The summed E-state index contributed by atoms with van der Waals surface area (Å²) < 4.78 is 29.1. The summed E-state index contributed by atoms with van der Waals surface area (Å²) >= 11 is 0. The van der Waals surface area contributed by atoms with E-state index in [2.05, 4.69) is 32.7 Å². The average Bonchev–Trinajstić information content (AvgIpc) is 3.25. The van der Waals surface area contributed by atoms with Crippen LogP contribution in [0.5, 0.6) is 0 Å². The number of nitrogen functional groups attached to an aromatic ring is 1. The van der Waals surface area contributed by atoms with Gasteiger partial charge in [0, 0.05) is 17.8 Å². The van der Waals surface area contributed by atoms with Crippen molar-refractivity contribution in [2.75, 3.05) is 12.8 Å². The second-order valence-corrected chi connectivity index (χ2v) is 6.78. The van der Waals surface area contributed by atoms with Crippen molar-refractivity contribution in [3.63, 3.8) is 0 Å². The second-order valence-electron chi connectivity index (χ2n) is 6.78. The fourth-order valence-electron chi connectivity index (χ4n) is 3.12. The Bertz CT molecular complexity index is 1190. The average molecular weight is 407 g/mol. The van der Waals surface area contributed by atoms with Crippen molar-refractivity contribution in [1.82, 2.24) is 30.5 Å². The molecule has 0 aliphatic rings. The first-order chi connectivity index (χ1) is 14.5. The summed E-state index contributed by atoms with van der Waals surface area (Å²) in [5, 5.41) is 14.6. The third-order valence-electron chi connectivity index (χ3n) is 4.97. The topological polar surface area (TPSA) is 94.5 Å². The number of nitrogens with two attached hydrogens (primary N) is 1. The fourth-order valence-corrected chi connectivity index (χ4v) is 3.12. The van der Waals surface area contributed by atoms with Crippen LogP contribution in [-0.4, -0.2) is 32.2 Å². The Morgan fingerprint density at radius 3 is 2.57 bits per heavy atom. The van der Waals surface area contributed by atoms with E-state index in [0.29, 0.717) is 5.56 Å². The summed E-state index contributed by atoms with van der Waals surface area (Å²) in [6.45, 7) is 2.07. The predicted molar refractivity (Wildman–Crippen MR) is 110 cm³/mol. The minimum absolute atomic E-state index is 0.120. The molecule has 7 nitrogen and oxygen atoms in total. The van der Waals surface area contributed by atoms with Gasteiger partial charge in [0.15, 0.2) is 17.5 Å². The van der Waals surface area contributed by atoms with Gasteiger partial charge in [0.25, 0.3) is 0 Å². The normalized spacial score (nSPS) is 12.1. The molecule has 2 aromatic heterocycles. The van der Waals surface area contributed by atoms with E-state index in [4.69, 9.17) is 5.73 Å². The van der Waals surface area contributed by atoms with Crippen molar-refractivity contribution < 1.29 is 8.78 Å². The zero-order valence-corrected chi connectivity index (χ0v) is 16.3. The van der Waals surface area contributed by atoms with Gasteiger partial charge in [-0.05, 0) is 53.7 Å². The van der Waals surface area contributed by atoms with Gasteiger partial charge < -0.3 is 11.1 Å². The molecule has 3 N–H and O–H groups in total. The molecule has 0 radical (unpaired) electrons. The number of hydrogen-bond acceptors (Lipinski definition) is 6. The van der Waals surface area contributed by atoms with Gasteiger partial charge in [0.2, 0.25) is 0 Å². The molecule has 0 spiro atoms. The highest BCUT2D eigenvalue weighted by atomic mass is 19.2. The molecule has 1 atom stereocenters. The summed E-state index contributed by atoms with van der Waals surface area (Å²) in [5.41, 5.74) is 9.21. The number of benzene rings is 2. The molecule has 30 heavy (non-hydrogen) atoms. The van der Waals surface area contributed by atoms with Gasteiger partial charge >= 0.3 is 0 Å². The lowest BCUT2D eigenvalue weighted by Gasteiger charge is -2.12. The Kier molecular flexibility index (Phi) is 5.20. The number of pyridine rings is 1. The van der Waals surface area contributed by atoms with E-state index in [1.807, 2.05) is 31.3 Å². The molecule has 2 heterocycles. The van der Waals surface area contributed by atoms with Crippen LogP contribution in [0, 0.1) is 11.6 Å². The molecule has 2 aromatic carbocycles. The third kappa shape index (κ3) is 3.50. The number of rotatable bonds is 5. The summed E-state index contributed by atoms with van der Waals surface area (Å²) in [4.78, 5) is 4.25. The molecule has 1 unspecified atom stereocenters. The summed E-state index contributed by atoms with van der Waals surface area (Å²) in [6, 6.07) is 13.8. The quantitative estimate of drug-likeness (QED) is 0.526.